The number of likely N-dealkylation sites (tertiary alicyclic amines) is 1. The molecule has 1 aliphatic rings. The van der Waals surface area contributed by atoms with E-state index in [1.807, 2.05) is 28.5 Å². The van der Waals surface area contributed by atoms with E-state index in [1.165, 1.54) is 16.9 Å². The lowest BCUT2D eigenvalue weighted by Crippen LogP contribution is -2.42. The molecule has 1 fully saturated rings. The van der Waals surface area contributed by atoms with E-state index in [0.717, 1.165) is 36.5 Å². The van der Waals surface area contributed by atoms with Gasteiger partial charge in [0.15, 0.2) is 0 Å². The molecule has 0 aliphatic carbocycles. The molecule has 5 heteroatoms. The molecular weight excluding hydrogens is 282 g/mol. The van der Waals surface area contributed by atoms with Gasteiger partial charge in [0.2, 0.25) is 0 Å². The van der Waals surface area contributed by atoms with Gasteiger partial charge in [-0.25, -0.2) is 4.98 Å². The molecule has 1 aromatic heterocycles. The van der Waals surface area contributed by atoms with Crippen molar-refractivity contribution in [2.75, 3.05) is 13.1 Å². The molecule has 1 aromatic carbocycles. The van der Waals surface area contributed by atoms with E-state index in [1.54, 1.807) is 0 Å². The molecule has 1 amide bonds. The fourth-order valence-corrected chi connectivity index (χ4v) is 3.46. The van der Waals surface area contributed by atoms with Crippen LogP contribution in [0.3, 0.4) is 0 Å². The van der Waals surface area contributed by atoms with E-state index < -0.39 is 0 Å². The highest BCUT2D eigenvalue weighted by Crippen LogP contribution is 2.27. The fourth-order valence-electron chi connectivity index (χ4n) is 2.57. The van der Waals surface area contributed by atoms with E-state index in [9.17, 15) is 4.79 Å². The number of nitrogens with zero attached hydrogens (tertiary/aromatic N) is 2. The van der Waals surface area contributed by atoms with Gasteiger partial charge < -0.3 is 10.6 Å². The number of hydrogen-bond donors (Lipinski definition) is 1. The van der Waals surface area contributed by atoms with Crippen LogP contribution in [0.25, 0.3) is 10.6 Å². The van der Waals surface area contributed by atoms with E-state index in [0.29, 0.717) is 5.69 Å². The predicted molar refractivity (Wildman–Crippen MR) is 85.4 cm³/mol. The van der Waals surface area contributed by atoms with Gasteiger partial charge in [0, 0.05) is 30.1 Å². The van der Waals surface area contributed by atoms with Crippen molar-refractivity contribution in [3.8, 4) is 10.6 Å². The Balaban J connectivity index is 1.79. The zero-order valence-electron chi connectivity index (χ0n) is 12.1. The number of nitrogens with two attached hydrogens (primary N) is 1. The topological polar surface area (TPSA) is 59.2 Å². The molecule has 21 heavy (non-hydrogen) atoms. The minimum absolute atomic E-state index is 0.0259. The van der Waals surface area contributed by atoms with Crippen LogP contribution in [0.1, 0.15) is 28.9 Å². The summed E-state index contributed by atoms with van der Waals surface area (Å²) < 4.78 is 0. The SMILES string of the molecule is Cc1ccccc1-c1nc(C(=O)N2CCC(N)CC2)cs1. The Morgan fingerprint density at radius 1 is 1.33 bits per heavy atom. The van der Waals surface area contributed by atoms with Gasteiger partial charge in [0.05, 0.1) is 0 Å². The lowest BCUT2D eigenvalue weighted by molar-refractivity contribution is 0.0709. The van der Waals surface area contributed by atoms with Crippen LogP contribution in [0, 0.1) is 6.92 Å². The quantitative estimate of drug-likeness (QED) is 0.927. The Morgan fingerprint density at radius 2 is 2.05 bits per heavy atom. The summed E-state index contributed by atoms with van der Waals surface area (Å²) in [6, 6.07) is 8.34. The van der Waals surface area contributed by atoms with Gasteiger partial charge >= 0.3 is 0 Å². The Bertz CT molecular complexity index is 644. The number of amides is 1. The Kier molecular flexibility index (Phi) is 4.03. The highest BCUT2D eigenvalue weighted by atomic mass is 32.1. The van der Waals surface area contributed by atoms with Crippen molar-refractivity contribution in [3.63, 3.8) is 0 Å². The molecule has 0 saturated carbocycles. The van der Waals surface area contributed by atoms with Crippen LogP contribution in [-0.4, -0.2) is 34.9 Å². The van der Waals surface area contributed by atoms with Gasteiger partial charge in [0.1, 0.15) is 10.7 Å². The molecule has 2 aromatic rings. The Morgan fingerprint density at radius 3 is 2.76 bits per heavy atom. The minimum atomic E-state index is 0.0259. The first-order valence-electron chi connectivity index (χ1n) is 7.21. The average molecular weight is 301 g/mol. The van der Waals surface area contributed by atoms with Crippen LogP contribution in [0.15, 0.2) is 29.6 Å². The zero-order valence-corrected chi connectivity index (χ0v) is 12.9. The van der Waals surface area contributed by atoms with E-state index in [2.05, 4.69) is 18.0 Å². The van der Waals surface area contributed by atoms with E-state index >= 15 is 0 Å². The van der Waals surface area contributed by atoms with Gasteiger partial charge in [-0.15, -0.1) is 11.3 Å². The van der Waals surface area contributed by atoms with E-state index in [4.69, 9.17) is 5.73 Å². The summed E-state index contributed by atoms with van der Waals surface area (Å²) in [6.45, 7) is 3.53. The first-order valence-corrected chi connectivity index (χ1v) is 8.09. The number of piperidine rings is 1. The second-order valence-electron chi connectivity index (χ2n) is 5.48. The van der Waals surface area contributed by atoms with Crippen LogP contribution < -0.4 is 5.73 Å². The monoisotopic (exact) mass is 301 g/mol. The molecule has 0 radical (unpaired) electrons. The summed E-state index contributed by atoms with van der Waals surface area (Å²) >= 11 is 1.53. The van der Waals surface area contributed by atoms with Gasteiger partial charge in [0.25, 0.3) is 5.91 Å². The molecule has 0 unspecified atom stereocenters. The molecule has 0 bridgehead atoms. The van der Waals surface area contributed by atoms with Crippen molar-refractivity contribution in [1.82, 2.24) is 9.88 Å². The molecule has 110 valence electrons. The predicted octanol–water partition coefficient (Wildman–Crippen LogP) is 2.68. The lowest BCUT2D eigenvalue weighted by atomic mass is 10.1. The second kappa shape index (κ2) is 5.95. The number of aryl methyl sites for hydroxylation is 1. The third-order valence-corrected chi connectivity index (χ3v) is 4.80. The summed E-state index contributed by atoms with van der Waals surface area (Å²) in [6.07, 6.45) is 1.75. The Labute approximate surface area is 128 Å². The number of hydrogen-bond acceptors (Lipinski definition) is 4. The normalized spacial score (nSPS) is 16.2. The summed E-state index contributed by atoms with van der Waals surface area (Å²) in [5.74, 6) is 0.0259. The molecule has 1 saturated heterocycles. The highest BCUT2D eigenvalue weighted by Gasteiger charge is 2.23. The molecular formula is C16H19N3OS. The first-order chi connectivity index (χ1) is 10.1. The number of rotatable bonds is 2. The van der Waals surface area contributed by atoms with Gasteiger partial charge in [-0.3, -0.25) is 4.79 Å². The van der Waals surface area contributed by atoms with Crippen molar-refractivity contribution in [2.24, 2.45) is 5.73 Å². The summed E-state index contributed by atoms with van der Waals surface area (Å²) in [5, 5.41) is 2.77. The Hall–Kier alpha value is -1.72. The van der Waals surface area contributed by atoms with Gasteiger partial charge in [-0.1, -0.05) is 24.3 Å². The first kappa shape index (κ1) is 14.2. The minimum Gasteiger partial charge on any atom is -0.337 e. The smallest absolute Gasteiger partial charge is 0.273 e. The van der Waals surface area contributed by atoms with Crippen LogP contribution in [0.5, 0.6) is 0 Å². The number of carbonyl (C=O) groups excluding carboxylic acids is 1. The molecule has 0 atom stereocenters. The summed E-state index contributed by atoms with van der Waals surface area (Å²) in [4.78, 5) is 18.9. The maximum Gasteiger partial charge on any atom is 0.273 e. The second-order valence-corrected chi connectivity index (χ2v) is 6.34. The number of aromatic nitrogens is 1. The molecule has 1 aliphatic heterocycles. The van der Waals surface area contributed by atoms with Crippen molar-refractivity contribution < 1.29 is 4.79 Å². The van der Waals surface area contributed by atoms with Crippen molar-refractivity contribution in [2.45, 2.75) is 25.8 Å². The number of carbonyl (C=O) groups is 1. The van der Waals surface area contributed by atoms with Crippen molar-refractivity contribution in [1.29, 1.82) is 0 Å². The maximum absolute atomic E-state index is 12.5. The van der Waals surface area contributed by atoms with Gasteiger partial charge in [-0.05, 0) is 25.3 Å². The highest BCUT2D eigenvalue weighted by molar-refractivity contribution is 7.13. The van der Waals surface area contributed by atoms with Gasteiger partial charge in [-0.2, -0.15) is 0 Å². The number of benzene rings is 1. The molecule has 3 rings (SSSR count). The largest absolute Gasteiger partial charge is 0.337 e. The molecule has 0 spiro atoms. The van der Waals surface area contributed by atoms with Crippen molar-refractivity contribution in [3.05, 3.63) is 40.9 Å². The standard InChI is InChI=1S/C16H19N3OS/c1-11-4-2-3-5-13(11)15-18-14(10-21-15)16(20)19-8-6-12(17)7-9-19/h2-5,10,12H,6-9,17H2,1H3. The van der Waals surface area contributed by atoms with Crippen LogP contribution in [0.4, 0.5) is 0 Å². The van der Waals surface area contributed by atoms with Crippen LogP contribution >= 0.6 is 11.3 Å². The maximum atomic E-state index is 12.5. The van der Waals surface area contributed by atoms with E-state index in [-0.39, 0.29) is 11.9 Å². The average Bonchev–Trinajstić information content (AvgIpc) is 2.97. The van der Waals surface area contributed by atoms with Crippen LogP contribution in [-0.2, 0) is 0 Å². The molecule has 2 heterocycles. The third kappa shape index (κ3) is 2.99. The lowest BCUT2D eigenvalue weighted by Gasteiger charge is -2.29. The van der Waals surface area contributed by atoms with Crippen molar-refractivity contribution >= 4 is 17.2 Å². The third-order valence-electron chi connectivity index (χ3n) is 3.93. The number of thiazole rings is 1. The van der Waals surface area contributed by atoms with Crippen LogP contribution in [0.2, 0.25) is 0 Å². The molecule has 2 N–H and O–H groups in total. The summed E-state index contributed by atoms with van der Waals surface area (Å²) in [5.41, 5.74) is 8.71. The summed E-state index contributed by atoms with van der Waals surface area (Å²) in [7, 11) is 0. The zero-order chi connectivity index (χ0) is 14.8. The fraction of sp³-hybridized carbons (Fsp3) is 0.375. The molecule has 4 nitrogen and oxygen atoms in total.